The van der Waals surface area contributed by atoms with E-state index in [9.17, 15) is 9.18 Å². The molecular weight excluding hydrogens is 143 g/mol. The van der Waals surface area contributed by atoms with Crippen molar-refractivity contribution < 1.29 is 23.8 Å². The van der Waals surface area contributed by atoms with Gasteiger partial charge in [-0.3, -0.25) is 4.79 Å². The molecule has 0 aliphatic rings. The Kier molecular flexibility index (Phi) is 8.68. The van der Waals surface area contributed by atoms with Gasteiger partial charge in [0.2, 0.25) is 0 Å². The van der Waals surface area contributed by atoms with Crippen LogP contribution in [0.25, 0.3) is 0 Å². The van der Waals surface area contributed by atoms with Crippen molar-refractivity contribution in [2.24, 2.45) is 0 Å². The van der Waals surface area contributed by atoms with Crippen LogP contribution in [0.4, 0.5) is 9.18 Å². The first-order valence-electron chi connectivity index (χ1n) is 2.17. The van der Waals surface area contributed by atoms with Crippen molar-refractivity contribution in [1.82, 2.24) is 0 Å². The monoisotopic (exact) mass is 150 g/mol. The summed E-state index contributed by atoms with van der Waals surface area (Å²) in [5, 5.41) is 6.75. The highest BCUT2D eigenvalue weighted by molar-refractivity contribution is 5.66. The van der Waals surface area contributed by atoms with Crippen LogP contribution >= 0.6 is 0 Å². The lowest BCUT2D eigenvalue weighted by atomic mass is 10.8. The van der Waals surface area contributed by atoms with Crippen molar-refractivity contribution in [3.63, 3.8) is 0 Å². The zero-order valence-corrected chi connectivity index (χ0v) is 5.33. The van der Waals surface area contributed by atoms with E-state index in [0.29, 0.717) is 0 Å². The van der Waals surface area contributed by atoms with Crippen molar-refractivity contribution in [3.05, 3.63) is 12.8 Å². The number of ether oxygens (including phenoxy) is 1. The number of carboxylic acid groups (broad SMARTS) is 1. The van der Waals surface area contributed by atoms with E-state index < -0.39 is 6.22 Å². The number of carbonyl (C=O) groups excluding carboxylic acids is 1. The predicted molar refractivity (Wildman–Crippen MR) is 31.1 cm³/mol. The van der Waals surface area contributed by atoms with E-state index >= 15 is 0 Å². The number of esters is 1. The summed E-state index contributed by atoms with van der Waals surface area (Å²) in [4.78, 5) is 18.1. The Balaban J connectivity index is 0. The fourth-order valence-corrected chi connectivity index (χ4v) is 0.117. The van der Waals surface area contributed by atoms with Gasteiger partial charge in [0.1, 0.15) is 0 Å². The second-order valence-electron chi connectivity index (χ2n) is 1.03. The van der Waals surface area contributed by atoms with Crippen LogP contribution in [0, 0.1) is 0 Å². The molecule has 0 spiro atoms. The Morgan fingerprint density at radius 3 is 2.00 bits per heavy atom. The van der Waals surface area contributed by atoms with Crippen molar-refractivity contribution in [2.45, 2.75) is 6.92 Å². The minimum atomic E-state index is -2.33. The highest BCUT2D eigenvalue weighted by atomic mass is 19.1. The highest BCUT2D eigenvalue weighted by Crippen LogP contribution is 1.70. The smallest absolute Gasteiger partial charge is 0.456 e. The molecule has 0 aliphatic heterocycles. The van der Waals surface area contributed by atoms with E-state index in [-0.39, 0.29) is 5.97 Å². The van der Waals surface area contributed by atoms with Gasteiger partial charge in [0.25, 0.3) is 0 Å². The Bertz CT molecular complexity index is 128. The molecule has 4 nitrogen and oxygen atoms in total. The zero-order valence-electron chi connectivity index (χ0n) is 5.33. The van der Waals surface area contributed by atoms with E-state index in [1.54, 1.807) is 0 Å². The number of hydrogen-bond donors (Lipinski definition) is 1. The van der Waals surface area contributed by atoms with Gasteiger partial charge in [-0.1, -0.05) is 6.58 Å². The minimum Gasteiger partial charge on any atom is -0.456 e. The van der Waals surface area contributed by atoms with Crippen molar-refractivity contribution in [3.8, 4) is 0 Å². The second kappa shape index (κ2) is 7.61. The molecule has 1 N–H and O–H groups in total. The van der Waals surface area contributed by atoms with Crippen LogP contribution in [0.15, 0.2) is 12.8 Å². The van der Waals surface area contributed by atoms with Crippen LogP contribution in [0.1, 0.15) is 6.92 Å². The lowest BCUT2D eigenvalue weighted by Crippen LogP contribution is -1.87. The van der Waals surface area contributed by atoms with Gasteiger partial charge < -0.3 is 9.84 Å². The Labute approximate surface area is 56.9 Å². The largest absolute Gasteiger partial charge is 0.492 e. The normalized spacial score (nSPS) is 6.60. The summed E-state index contributed by atoms with van der Waals surface area (Å²) in [7, 11) is 0. The van der Waals surface area contributed by atoms with Crippen molar-refractivity contribution in [1.29, 1.82) is 0 Å². The molecule has 0 saturated carbocycles. The molecule has 0 unspecified atom stereocenters. The van der Waals surface area contributed by atoms with Crippen LogP contribution in [0.2, 0.25) is 0 Å². The molecule has 10 heavy (non-hydrogen) atoms. The average Bonchev–Trinajstić information content (AvgIpc) is 1.62. The maximum atomic E-state index is 9.92. The molecule has 0 aromatic rings. The predicted octanol–water partition coefficient (Wildman–Crippen LogP) is 1.33. The summed E-state index contributed by atoms with van der Waals surface area (Å²) in [6, 6.07) is 0. The molecule has 0 heterocycles. The molecule has 0 aromatic carbocycles. The quantitative estimate of drug-likeness (QED) is 0.348. The van der Waals surface area contributed by atoms with Gasteiger partial charge in [0, 0.05) is 6.92 Å². The first-order chi connectivity index (χ1) is 4.50. The second-order valence-corrected chi connectivity index (χ2v) is 1.03. The average molecular weight is 150 g/mol. The van der Waals surface area contributed by atoms with E-state index in [2.05, 4.69) is 11.3 Å². The lowest BCUT2D eigenvalue weighted by molar-refractivity contribution is -0.135. The summed E-state index contributed by atoms with van der Waals surface area (Å²) in [5.41, 5.74) is 0. The Morgan fingerprint density at radius 1 is 1.70 bits per heavy atom. The zero-order chi connectivity index (χ0) is 8.57. The van der Waals surface area contributed by atoms with Gasteiger partial charge in [0.15, 0.2) is 0 Å². The van der Waals surface area contributed by atoms with Crippen LogP contribution in [0.3, 0.4) is 0 Å². The summed E-state index contributed by atoms with van der Waals surface area (Å²) >= 11 is 0. The molecule has 0 amide bonds. The van der Waals surface area contributed by atoms with Crippen LogP contribution in [-0.2, 0) is 9.53 Å². The van der Waals surface area contributed by atoms with Gasteiger partial charge in [-0.25, -0.2) is 4.79 Å². The first-order valence-corrected chi connectivity index (χ1v) is 2.17. The van der Waals surface area contributed by atoms with E-state index in [4.69, 9.17) is 9.90 Å². The van der Waals surface area contributed by atoms with E-state index in [0.717, 1.165) is 6.26 Å². The lowest BCUT2D eigenvalue weighted by Gasteiger charge is -1.83. The third-order valence-electron chi connectivity index (χ3n) is 0.249. The van der Waals surface area contributed by atoms with Gasteiger partial charge in [-0.15, -0.1) is 4.39 Å². The fourth-order valence-electron chi connectivity index (χ4n) is 0.117. The molecular formula is C5H7FO4. The number of carbonyl (C=O) groups is 2. The molecule has 0 fully saturated rings. The third-order valence-corrected chi connectivity index (χ3v) is 0.249. The van der Waals surface area contributed by atoms with Gasteiger partial charge >= 0.3 is 12.2 Å². The molecule has 0 atom stereocenters. The molecule has 0 aromatic heterocycles. The van der Waals surface area contributed by atoms with Gasteiger partial charge in [-0.05, 0) is 0 Å². The molecule has 0 rings (SSSR count). The summed E-state index contributed by atoms with van der Waals surface area (Å²) < 4.78 is 14.1. The summed E-state index contributed by atoms with van der Waals surface area (Å²) in [6.07, 6.45) is -1.23. The number of rotatable bonds is 1. The maximum absolute atomic E-state index is 9.92. The molecule has 58 valence electrons. The number of halogens is 1. The van der Waals surface area contributed by atoms with E-state index in [1.165, 1.54) is 6.92 Å². The van der Waals surface area contributed by atoms with Crippen molar-refractivity contribution >= 4 is 12.2 Å². The maximum Gasteiger partial charge on any atom is 0.492 e. The van der Waals surface area contributed by atoms with Crippen LogP contribution < -0.4 is 0 Å². The summed E-state index contributed by atoms with van der Waals surface area (Å²) in [5.74, 6) is -0.329. The first kappa shape index (κ1) is 11.4. The fraction of sp³-hybridized carbons (Fsp3) is 0.200. The van der Waals surface area contributed by atoms with Gasteiger partial charge in [-0.2, -0.15) is 0 Å². The summed E-state index contributed by atoms with van der Waals surface area (Å²) in [6.45, 7) is 4.48. The van der Waals surface area contributed by atoms with Gasteiger partial charge in [0.05, 0.1) is 6.26 Å². The molecule has 0 saturated heterocycles. The topological polar surface area (TPSA) is 63.6 Å². The van der Waals surface area contributed by atoms with E-state index in [1.807, 2.05) is 0 Å². The standard InChI is InChI=1S/C4H6O2.CHFO2/c1-3-6-4(2)5;2-1(3)4/h3H,1H2,2H3;(H,3,4). The number of hydrogen-bond acceptors (Lipinski definition) is 3. The van der Waals surface area contributed by atoms with Crippen molar-refractivity contribution in [2.75, 3.05) is 0 Å². The molecule has 0 aliphatic carbocycles. The SMILES string of the molecule is C=COC(C)=O.O=C(O)F. The Morgan fingerprint density at radius 2 is 2.00 bits per heavy atom. The molecule has 0 bridgehead atoms. The third kappa shape index (κ3) is 80.3. The van der Waals surface area contributed by atoms with Crippen LogP contribution in [-0.4, -0.2) is 17.3 Å². The highest BCUT2D eigenvalue weighted by Gasteiger charge is 1.79. The van der Waals surface area contributed by atoms with Crippen LogP contribution in [0.5, 0.6) is 0 Å². The minimum absolute atomic E-state index is 0.329. The molecule has 5 heteroatoms. The Hall–Kier alpha value is -1.39. The molecule has 0 radical (unpaired) electrons.